The summed E-state index contributed by atoms with van der Waals surface area (Å²) in [4.78, 5) is 25.1. The van der Waals surface area contributed by atoms with Crippen molar-refractivity contribution in [3.63, 3.8) is 0 Å². The van der Waals surface area contributed by atoms with Gasteiger partial charge in [0, 0.05) is 25.5 Å². The third-order valence-electron chi connectivity index (χ3n) is 8.15. The molecule has 1 fully saturated rings. The maximum Gasteiger partial charge on any atom is 0.407 e. The quantitative estimate of drug-likeness (QED) is 0.0869. The number of methoxy groups -OCH3 is 1. The molecule has 2 aliphatic rings. The molecule has 0 aliphatic carbocycles. The zero-order chi connectivity index (χ0) is 31.4. The molecule has 42 heavy (non-hydrogen) atoms. The van der Waals surface area contributed by atoms with Crippen LogP contribution in [-0.4, -0.2) is 89.9 Å². The molecule has 10 unspecified atom stereocenters. The van der Waals surface area contributed by atoms with Crippen molar-refractivity contribution in [1.29, 1.82) is 0 Å². The first-order chi connectivity index (χ1) is 19.8. The molecule has 0 spiro atoms. The molecule has 4 N–H and O–H groups in total. The zero-order valence-electron chi connectivity index (χ0n) is 26.3. The minimum absolute atomic E-state index is 0.0942. The number of hydrogen-bond acceptors (Lipinski definition) is 9. The molecule has 1 amide bonds. The van der Waals surface area contributed by atoms with E-state index in [1.54, 1.807) is 19.1 Å². The number of allylic oxidation sites excluding steroid dienone is 3. The van der Waals surface area contributed by atoms with Gasteiger partial charge >= 0.3 is 12.1 Å². The van der Waals surface area contributed by atoms with Gasteiger partial charge in [-0.25, -0.2) is 4.79 Å². The standard InChI is InChI=1S/C32H53NO9/c1-8-25(35)23(5)30-26(40-30)18-20(2)10-9-11-21(3)29-22(4)12-13-27(41-31(37)33-16-17-39-7)32(6,38)15-14-24(34)19-28(36)42-29/h9-13,20,22-27,29-30,34-35,38H,8,14-19H2,1-7H3,(H,33,37). The predicted molar refractivity (Wildman–Crippen MR) is 160 cm³/mol. The van der Waals surface area contributed by atoms with Crippen LogP contribution in [0.25, 0.3) is 0 Å². The number of alkyl carbamates (subject to hydrolysis) is 1. The van der Waals surface area contributed by atoms with Crippen molar-refractivity contribution in [3.8, 4) is 0 Å². The molecule has 0 aromatic heterocycles. The first kappa shape index (κ1) is 36.0. The lowest BCUT2D eigenvalue weighted by molar-refractivity contribution is -0.151. The number of cyclic esters (lactones) is 1. The Labute approximate surface area is 251 Å². The summed E-state index contributed by atoms with van der Waals surface area (Å²) in [6.45, 7) is 12.0. The van der Waals surface area contributed by atoms with Crippen LogP contribution >= 0.6 is 0 Å². The lowest BCUT2D eigenvalue weighted by atomic mass is 9.88. The molecule has 240 valence electrons. The number of amides is 1. The van der Waals surface area contributed by atoms with Crippen LogP contribution in [0.2, 0.25) is 0 Å². The smallest absolute Gasteiger partial charge is 0.407 e. The van der Waals surface area contributed by atoms with E-state index in [0.717, 1.165) is 12.0 Å². The Hall–Kier alpha value is -2.24. The number of epoxide rings is 1. The molecule has 10 nitrogen and oxygen atoms in total. The average Bonchev–Trinajstić information content (AvgIpc) is 3.69. The number of rotatable bonds is 12. The fourth-order valence-corrected chi connectivity index (χ4v) is 5.20. The molecule has 0 saturated carbocycles. The van der Waals surface area contributed by atoms with E-state index in [4.69, 9.17) is 18.9 Å². The highest BCUT2D eigenvalue weighted by Crippen LogP contribution is 2.36. The summed E-state index contributed by atoms with van der Waals surface area (Å²) in [5, 5.41) is 34.3. The summed E-state index contributed by atoms with van der Waals surface area (Å²) in [6, 6.07) is 0. The number of nitrogens with one attached hydrogen (secondary N) is 1. The predicted octanol–water partition coefficient (Wildman–Crippen LogP) is 3.83. The molecular weight excluding hydrogens is 542 g/mol. The van der Waals surface area contributed by atoms with E-state index in [9.17, 15) is 24.9 Å². The van der Waals surface area contributed by atoms with Crippen molar-refractivity contribution in [2.75, 3.05) is 20.3 Å². The van der Waals surface area contributed by atoms with Crippen molar-refractivity contribution < 1.29 is 43.9 Å². The van der Waals surface area contributed by atoms with Gasteiger partial charge in [0.25, 0.3) is 0 Å². The van der Waals surface area contributed by atoms with Crippen molar-refractivity contribution in [3.05, 3.63) is 36.0 Å². The van der Waals surface area contributed by atoms with E-state index in [2.05, 4.69) is 18.3 Å². The van der Waals surface area contributed by atoms with Gasteiger partial charge < -0.3 is 39.6 Å². The van der Waals surface area contributed by atoms with Crippen molar-refractivity contribution in [1.82, 2.24) is 5.32 Å². The van der Waals surface area contributed by atoms with Gasteiger partial charge in [-0.05, 0) is 57.1 Å². The number of carbonyl (C=O) groups is 2. The van der Waals surface area contributed by atoms with Crippen LogP contribution in [0.1, 0.15) is 73.6 Å². The molecule has 2 heterocycles. The summed E-state index contributed by atoms with van der Waals surface area (Å²) in [6.07, 6.45) is 7.44. The third kappa shape index (κ3) is 11.8. The van der Waals surface area contributed by atoms with E-state index in [-0.39, 0.29) is 61.9 Å². The highest BCUT2D eigenvalue weighted by atomic mass is 16.6. The third-order valence-corrected chi connectivity index (χ3v) is 8.15. The zero-order valence-corrected chi connectivity index (χ0v) is 26.3. The SMILES string of the molecule is CCC(O)C(C)C1OC1CC(C)C=CC=C(C)C1OC(=O)CC(O)CCC(C)(O)C(OC(=O)NCCOC)C=CC1C. The summed E-state index contributed by atoms with van der Waals surface area (Å²) >= 11 is 0. The Kier molecular flexibility index (Phi) is 14.7. The molecule has 10 atom stereocenters. The molecular formula is C32H53NO9. The van der Waals surface area contributed by atoms with E-state index in [1.807, 2.05) is 39.8 Å². The highest BCUT2D eigenvalue weighted by molar-refractivity contribution is 5.70. The van der Waals surface area contributed by atoms with E-state index < -0.39 is 36.0 Å². The molecule has 10 heteroatoms. The first-order valence-corrected chi connectivity index (χ1v) is 15.2. The molecule has 0 aromatic carbocycles. The Morgan fingerprint density at radius 3 is 2.69 bits per heavy atom. The number of aliphatic hydroxyl groups is 3. The average molecular weight is 596 g/mol. The molecule has 0 radical (unpaired) electrons. The van der Waals surface area contributed by atoms with Gasteiger partial charge in [0.05, 0.1) is 37.4 Å². The Bertz CT molecular complexity index is 946. The molecule has 1 saturated heterocycles. The lowest BCUT2D eigenvalue weighted by Gasteiger charge is -2.32. The maximum atomic E-state index is 12.7. The van der Waals surface area contributed by atoms with E-state index in [1.165, 1.54) is 7.11 Å². The fraction of sp³-hybridized carbons (Fsp3) is 0.750. The molecule has 0 bridgehead atoms. The van der Waals surface area contributed by atoms with Gasteiger partial charge in [-0.3, -0.25) is 4.79 Å². The number of esters is 1. The van der Waals surface area contributed by atoms with Gasteiger partial charge in [0.1, 0.15) is 11.7 Å². The lowest BCUT2D eigenvalue weighted by Crippen LogP contribution is -2.44. The number of carbonyl (C=O) groups excluding carboxylic acids is 2. The van der Waals surface area contributed by atoms with E-state index in [0.29, 0.717) is 13.0 Å². The number of aliphatic hydroxyl groups excluding tert-OH is 2. The number of ether oxygens (including phenoxy) is 4. The van der Waals surface area contributed by atoms with Crippen LogP contribution in [0.4, 0.5) is 4.79 Å². The van der Waals surface area contributed by atoms with Gasteiger partial charge in [0.2, 0.25) is 0 Å². The maximum absolute atomic E-state index is 12.7. The largest absolute Gasteiger partial charge is 0.457 e. The van der Waals surface area contributed by atoms with Gasteiger partial charge in [-0.2, -0.15) is 0 Å². The highest BCUT2D eigenvalue weighted by Gasteiger charge is 2.45. The van der Waals surface area contributed by atoms with Crippen LogP contribution < -0.4 is 5.32 Å². The Balaban J connectivity index is 2.14. The Morgan fingerprint density at radius 2 is 2.02 bits per heavy atom. The van der Waals surface area contributed by atoms with Gasteiger partial charge in [0.15, 0.2) is 6.10 Å². The van der Waals surface area contributed by atoms with E-state index >= 15 is 0 Å². The monoisotopic (exact) mass is 595 g/mol. The Morgan fingerprint density at radius 1 is 1.31 bits per heavy atom. The van der Waals surface area contributed by atoms with Crippen LogP contribution in [0.15, 0.2) is 36.0 Å². The normalized spacial score (nSPS) is 33.2. The minimum Gasteiger partial charge on any atom is -0.457 e. The molecule has 2 rings (SSSR count). The van der Waals surface area contributed by atoms with Crippen molar-refractivity contribution in [2.24, 2.45) is 17.8 Å². The minimum atomic E-state index is -1.48. The second-order valence-corrected chi connectivity index (χ2v) is 12.1. The second-order valence-electron chi connectivity index (χ2n) is 12.1. The summed E-state index contributed by atoms with van der Waals surface area (Å²) in [5.74, 6) is -0.487. The fourth-order valence-electron chi connectivity index (χ4n) is 5.20. The van der Waals surface area contributed by atoms with Crippen molar-refractivity contribution in [2.45, 2.75) is 116 Å². The first-order valence-electron chi connectivity index (χ1n) is 15.2. The summed E-state index contributed by atoms with van der Waals surface area (Å²) < 4.78 is 22.1. The van der Waals surface area contributed by atoms with Crippen LogP contribution in [-0.2, 0) is 23.7 Å². The topological polar surface area (TPSA) is 147 Å². The summed E-state index contributed by atoms with van der Waals surface area (Å²) in [5.41, 5.74) is -0.674. The van der Waals surface area contributed by atoms with Gasteiger partial charge in [-0.1, -0.05) is 52.0 Å². The second kappa shape index (κ2) is 17.2. The summed E-state index contributed by atoms with van der Waals surface area (Å²) in [7, 11) is 1.52. The van der Waals surface area contributed by atoms with Crippen molar-refractivity contribution >= 4 is 12.1 Å². The van der Waals surface area contributed by atoms with Gasteiger partial charge in [-0.15, -0.1) is 0 Å². The van der Waals surface area contributed by atoms with Crippen LogP contribution in [0.5, 0.6) is 0 Å². The molecule has 0 aromatic rings. The number of hydrogen-bond donors (Lipinski definition) is 4. The molecule has 2 aliphatic heterocycles. The van der Waals surface area contributed by atoms with Crippen LogP contribution in [0.3, 0.4) is 0 Å². The van der Waals surface area contributed by atoms with Crippen LogP contribution in [0, 0.1) is 17.8 Å².